The van der Waals surface area contributed by atoms with Crippen molar-refractivity contribution < 1.29 is 28.7 Å². The molecule has 4 amide bonds. The molecule has 0 saturated carbocycles. The summed E-state index contributed by atoms with van der Waals surface area (Å²) in [7, 11) is 2.98. The van der Waals surface area contributed by atoms with E-state index in [0.717, 1.165) is 10.5 Å². The third-order valence-electron chi connectivity index (χ3n) is 6.47. The normalized spacial score (nSPS) is 15.7. The van der Waals surface area contributed by atoms with Crippen LogP contribution < -0.4 is 19.7 Å². The Bertz CT molecular complexity index is 1360. The van der Waals surface area contributed by atoms with Crippen LogP contribution in [0.25, 0.3) is 0 Å². The molecule has 2 unspecified atom stereocenters. The van der Waals surface area contributed by atoms with Crippen LogP contribution in [0.5, 0.6) is 11.5 Å². The molecule has 3 aromatic rings. The maximum absolute atomic E-state index is 14.0. The predicted octanol–water partition coefficient (Wildman–Crippen LogP) is 4.20. The van der Waals surface area contributed by atoms with E-state index >= 15 is 0 Å². The molecule has 196 valence electrons. The van der Waals surface area contributed by atoms with Crippen molar-refractivity contribution in [3.05, 3.63) is 83.9 Å². The summed E-state index contributed by atoms with van der Waals surface area (Å²) in [6, 6.07) is 19.0. The molecule has 4 rings (SSSR count). The molecular formula is C29H29N3O6. The first-order valence-corrected chi connectivity index (χ1v) is 12.1. The molecule has 9 nitrogen and oxygen atoms in total. The van der Waals surface area contributed by atoms with E-state index in [1.807, 2.05) is 37.3 Å². The van der Waals surface area contributed by atoms with Gasteiger partial charge in [0, 0.05) is 18.2 Å². The average molecular weight is 516 g/mol. The van der Waals surface area contributed by atoms with Gasteiger partial charge in [0.05, 0.1) is 32.4 Å². The van der Waals surface area contributed by atoms with Crippen LogP contribution in [-0.4, -0.2) is 48.8 Å². The maximum Gasteiger partial charge on any atom is 0.257 e. The molecule has 1 aliphatic rings. The minimum absolute atomic E-state index is 0.164. The van der Waals surface area contributed by atoms with Crippen LogP contribution in [0.15, 0.2) is 72.8 Å². The number of amides is 4. The zero-order valence-corrected chi connectivity index (χ0v) is 21.6. The zero-order valence-electron chi connectivity index (χ0n) is 21.6. The summed E-state index contributed by atoms with van der Waals surface area (Å²) < 4.78 is 10.7. The molecule has 0 spiro atoms. The zero-order chi connectivity index (χ0) is 27.4. The van der Waals surface area contributed by atoms with Crippen molar-refractivity contribution >= 4 is 35.0 Å². The highest BCUT2D eigenvalue weighted by molar-refractivity contribution is 6.23. The van der Waals surface area contributed by atoms with Gasteiger partial charge >= 0.3 is 0 Å². The largest absolute Gasteiger partial charge is 0.493 e. The van der Waals surface area contributed by atoms with Crippen molar-refractivity contribution in [1.29, 1.82) is 0 Å². The molecule has 1 aliphatic heterocycles. The number of carbonyl (C=O) groups is 4. The lowest BCUT2D eigenvalue weighted by atomic mass is 10.0. The molecule has 0 aliphatic carbocycles. The topological polar surface area (TPSA) is 105 Å². The fraction of sp³-hybridized carbons (Fsp3) is 0.241. The standard InChI is InChI=1S/C29H29N3O6/c1-18(20-8-6-5-7-9-20)31(28(35)21-10-15-25(37-3)26(16-21)38-4)24-17-27(34)32(29(24)36)23-13-11-22(12-14-23)30-19(2)33/h5-16,18,24H,17H2,1-4H3,(H,30,33). The van der Waals surface area contributed by atoms with Gasteiger partial charge in [0.2, 0.25) is 11.8 Å². The second-order valence-corrected chi connectivity index (χ2v) is 8.88. The van der Waals surface area contributed by atoms with E-state index in [1.54, 1.807) is 42.5 Å². The fourth-order valence-corrected chi connectivity index (χ4v) is 4.60. The molecule has 0 radical (unpaired) electrons. The van der Waals surface area contributed by atoms with Gasteiger partial charge in [-0.2, -0.15) is 0 Å². The molecule has 2 atom stereocenters. The Morgan fingerprint density at radius 1 is 0.947 bits per heavy atom. The SMILES string of the molecule is COc1ccc(C(=O)N(C2CC(=O)N(c3ccc(NC(C)=O)cc3)C2=O)C(C)c2ccccc2)cc1OC. The number of hydrogen-bond acceptors (Lipinski definition) is 6. The highest BCUT2D eigenvalue weighted by Gasteiger charge is 2.46. The monoisotopic (exact) mass is 515 g/mol. The number of hydrogen-bond donors (Lipinski definition) is 1. The average Bonchev–Trinajstić information content (AvgIpc) is 3.21. The summed E-state index contributed by atoms with van der Waals surface area (Å²) >= 11 is 0. The van der Waals surface area contributed by atoms with E-state index in [2.05, 4.69) is 5.32 Å². The van der Waals surface area contributed by atoms with Crippen LogP contribution >= 0.6 is 0 Å². The van der Waals surface area contributed by atoms with E-state index in [1.165, 1.54) is 26.0 Å². The van der Waals surface area contributed by atoms with Crippen molar-refractivity contribution in [3.63, 3.8) is 0 Å². The van der Waals surface area contributed by atoms with Gasteiger partial charge in [-0.25, -0.2) is 4.90 Å². The Kier molecular flexibility index (Phi) is 7.76. The Balaban J connectivity index is 1.71. The summed E-state index contributed by atoms with van der Waals surface area (Å²) in [6.07, 6.45) is -0.164. The number of nitrogens with one attached hydrogen (secondary N) is 1. The molecule has 1 N–H and O–H groups in total. The second kappa shape index (κ2) is 11.2. The summed E-state index contributed by atoms with van der Waals surface area (Å²) in [4.78, 5) is 54.7. The van der Waals surface area contributed by atoms with Gasteiger partial charge in [0.1, 0.15) is 6.04 Å². The lowest BCUT2D eigenvalue weighted by Crippen LogP contribution is -2.46. The van der Waals surface area contributed by atoms with E-state index in [0.29, 0.717) is 28.4 Å². The Morgan fingerprint density at radius 2 is 1.61 bits per heavy atom. The van der Waals surface area contributed by atoms with Gasteiger partial charge in [-0.3, -0.25) is 19.2 Å². The van der Waals surface area contributed by atoms with E-state index in [9.17, 15) is 19.2 Å². The van der Waals surface area contributed by atoms with E-state index < -0.39 is 29.8 Å². The molecule has 0 aromatic heterocycles. The van der Waals surface area contributed by atoms with Crippen LogP contribution in [0.1, 0.15) is 42.2 Å². The number of methoxy groups -OCH3 is 2. The first-order valence-electron chi connectivity index (χ1n) is 12.1. The Labute approximate surface area is 220 Å². The van der Waals surface area contributed by atoms with Gasteiger partial charge in [0.15, 0.2) is 11.5 Å². The smallest absolute Gasteiger partial charge is 0.257 e. The molecule has 1 heterocycles. The summed E-state index contributed by atoms with van der Waals surface area (Å²) in [5.74, 6) is -0.730. The Morgan fingerprint density at radius 3 is 2.21 bits per heavy atom. The maximum atomic E-state index is 14.0. The molecule has 9 heteroatoms. The summed E-state index contributed by atoms with van der Waals surface area (Å²) in [5, 5.41) is 2.66. The van der Waals surface area contributed by atoms with Crippen molar-refractivity contribution in [1.82, 2.24) is 4.90 Å². The van der Waals surface area contributed by atoms with Crippen LogP contribution in [0, 0.1) is 0 Å². The van der Waals surface area contributed by atoms with Gasteiger partial charge < -0.3 is 19.7 Å². The van der Waals surface area contributed by atoms with Crippen molar-refractivity contribution in [3.8, 4) is 11.5 Å². The second-order valence-electron chi connectivity index (χ2n) is 8.88. The van der Waals surface area contributed by atoms with Gasteiger partial charge in [-0.15, -0.1) is 0 Å². The number of benzene rings is 3. The first kappa shape index (κ1) is 26.4. The molecule has 3 aromatic carbocycles. The number of rotatable bonds is 8. The molecule has 0 bridgehead atoms. The van der Waals surface area contributed by atoms with Gasteiger partial charge in [0.25, 0.3) is 11.8 Å². The van der Waals surface area contributed by atoms with Gasteiger partial charge in [-0.1, -0.05) is 30.3 Å². The van der Waals surface area contributed by atoms with Crippen LogP contribution in [0.4, 0.5) is 11.4 Å². The molecule has 1 saturated heterocycles. The lowest BCUT2D eigenvalue weighted by molar-refractivity contribution is -0.123. The Hall–Kier alpha value is -4.66. The quantitative estimate of drug-likeness (QED) is 0.451. The molecule has 1 fully saturated rings. The minimum Gasteiger partial charge on any atom is -0.493 e. The highest BCUT2D eigenvalue weighted by Crippen LogP contribution is 2.34. The fourth-order valence-electron chi connectivity index (χ4n) is 4.60. The minimum atomic E-state index is -1.02. The van der Waals surface area contributed by atoms with E-state index in [-0.39, 0.29) is 12.3 Å². The highest BCUT2D eigenvalue weighted by atomic mass is 16.5. The third-order valence-corrected chi connectivity index (χ3v) is 6.47. The number of carbonyl (C=O) groups excluding carboxylic acids is 4. The van der Waals surface area contributed by atoms with Gasteiger partial charge in [-0.05, 0) is 55.0 Å². The first-order chi connectivity index (χ1) is 18.2. The molecule has 38 heavy (non-hydrogen) atoms. The summed E-state index contributed by atoms with van der Waals surface area (Å²) in [5.41, 5.74) is 2.02. The van der Waals surface area contributed by atoms with Crippen molar-refractivity contribution in [2.75, 3.05) is 24.4 Å². The number of ether oxygens (including phenoxy) is 2. The van der Waals surface area contributed by atoms with Crippen LogP contribution in [-0.2, 0) is 14.4 Å². The molecular weight excluding hydrogens is 486 g/mol. The number of imide groups is 1. The number of anilines is 2. The number of nitrogens with zero attached hydrogens (tertiary/aromatic N) is 2. The lowest BCUT2D eigenvalue weighted by Gasteiger charge is -2.34. The van der Waals surface area contributed by atoms with Crippen molar-refractivity contribution in [2.24, 2.45) is 0 Å². The summed E-state index contributed by atoms with van der Waals surface area (Å²) in [6.45, 7) is 3.22. The van der Waals surface area contributed by atoms with Crippen LogP contribution in [0.3, 0.4) is 0 Å². The van der Waals surface area contributed by atoms with E-state index in [4.69, 9.17) is 9.47 Å². The third kappa shape index (κ3) is 5.22. The van der Waals surface area contributed by atoms with Crippen LogP contribution in [0.2, 0.25) is 0 Å². The van der Waals surface area contributed by atoms with Crippen molar-refractivity contribution in [2.45, 2.75) is 32.4 Å². The predicted molar refractivity (Wildman–Crippen MR) is 142 cm³/mol.